The molecule has 1 amide bonds. The van der Waals surface area contributed by atoms with Crippen LogP contribution in [-0.2, 0) is 4.79 Å². The van der Waals surface area contributed by atoms with Gasteiger partial charge in [0.1, 0.15) is 0 Å². The number of nitrogens with two attached hydrogens (primary N) is 1. The zero-order chi connectivity index (χ0) is 11.4. The van der Waals surface area contributed by atoms with Crippen LogP contribution in [0.3, 0.4) is 0 Å². The highest BCUT2D eigenvalue weighted by Gasteiger charge is 2.25. The molecule has 0 spiro atoms. The fourth-order valence-corrected chi connectivity index (χ4v) is 1.47. The van der Waals surface area contributed by atoms with Gasteiger partial charge in [0.25, 0.3) is 0 Å². The van der Waals surface area contributed by atoms with E-state index in [4.69, 9.17) is 5.73 Å². The SMILES string of the molecule is CC(C)C(N)C(=O)NCCN(C)C1CC1. The van der Waals surface area contributed by atoms with Gasteiger partial charge in [-0.2, -0.15) is 0 Å². The second-order valence-electron chi connectivity index (χ2n) is 4.77. The number of likely N-dealkylation sites (N-methyl/N-ethyl adjacent to an activating group) is 1. The number of carbonyl (C=O) groups is 1. The number of amides is 1. The van der Waals surface area contributed by atoms with Crippen molar-refractivity contribution in [3.05, 3.63) is 0 Å². The second kappa shape index (κ2) is 5.47. The van der Waals surface area contributed by atoms with E-state index in [9.17, 15) is 4.79 Å². The maximum atomic E-state index is 11.5. The first-order chi connectivity index (χ1) is 7.02. The van der Waals surface area contributed by atoms with Gasteiger partial charge in [0.2, 0.25) is 5.91 Å². The molecule has 1 atom stereocenters. The fraction of sp³-hybridized carbons (Fsp3) is 0.909. The summed E-state index contributed by atoms with van der Waals surface area (Å²) in [4.78, 5) is 13.8. The van der Waals surface area contributed by atoms with Gasteiger partial charge in [-0.15, -0.1) is 0 Å². The number of nitrogens with zero attached hydrogens (tertiary/aromatic N) is 1. The van der Waals surface area contributed by atoms with Crippen LogP contribution in [0.25, 0.3) is 0 Å². The standard InChI is InChI=1S/C11H23N3O/c1-8(2)10(12)11(15)13-6-7-14(3)9-4-5-9/h8-10H,4-7,12H2,1-3H3,(H,13,15). The summed E-state index contributed by atoms with van der Waals surface area (Å²) in [5.74, 6) is 0.167. The summed E-state index contributed by atoms with van der Waals surface area (Å²) >= 11 is 0. The molecule has 1 fully saturated rings. The first-order valence-corrected chi connectivity index (χ1v) is 5.76. The lowest BCUT2D eigenvalue weighted by molar-refractivity contribution is -0.123. The maximum Gasteiger partial charge on any atom is 0.237 e. The van der Waals surface area contributed by atoms with Crippen LogP contribution in [0.1, 0.15) is 26.7 Å². The Hall–Kier alpha value is -0.610. The number of nitrogens with one attached hydrogen (secondary N) is 1. The van der Waals surface area contributed by atoms with Gasteiger partial charge in [0, 0.05) is 19.1 Å². The van der Waals surface area contributed by atoms with Gasteiger partial charge >= 0.3 is 0 Å². The number of rotatable bonds is 6. The molecule has 88 valence electrons. The van der Waals surface area contributed by atoms with E-state index in [1.165, 1.54) is 12.8 Å². The van der Waals surface area contributed by atoms with Crippen molar-refractivity contribution in [1.82, 2.24) is 10.2 Å². The molecule has 1 aliphatic carbocycles. The summed E-state index contributed by atoms with van der Waals surface area (Å²) in [5, 5.41) is 2.87. The first-order valence-electron chi connectivity index (χ1n) is 5.76. The van der Waals surface area contributed by atoms with E-state index in [0.717, 1.165) is 12.6 Å². The maximum absolute atomic E-state index is 11.5. The van der Waals surface area contributed by atoms with Crippen molar-refractivity contribution in [1.29, 1.82) is 0 Å². The molecule has 0 aliphatic heterocycles. The smallest absolute Gasteiger partial charge is 0.237 e. The first kappa shape index (κ1) is 12.5. The molecule has 0 bridgehead atoms. The van der Waals surface area contributed by atoms with Crippen molar-refractivity contribution < 1.29 is 4.79 Å². The minimum atomic E-state index is -0.378. The van der Waals surface area contributed by atoms with Crippen LogP contribution >= 0.6 is 0 Å². The van der Waals surface area contributed by atoms with Gasteiger partial charge in [-0.05, 0) is 25.8 Å². The van der Waals surface area contributed by atoms with Gasteiger partial charge in [0.05, 0.1) is 6.04 Å². The molecule has 1 unspecified atom stereocenters. The van der Waals surface area contributed by atoms with Crippen LogP contribution in [0.5, 0.6) is 0 Å². The van der Waals surface area contributed by atoms with Crippen LogP contribution in [0, 0.1) is 5.92 Å². The zero-order valence-electron chi connectivity index (χ0n) is 9.99. The van der Waals surface area contributed by atoms with Gasteiger partial charge < -0.3 is 16.0 Å². The third kappa shape index (κ3) is 4.18. The van der Waals surface area contributed by atoms with Gasteiger partial charge in [0.15, 0.2) is 0 Å². The van der Waals surface area contributed by atoms with Crippen LogP contribution in [0.15, 0.2) is 0 Å². The Bertz CT molecular complexity index is 214. The van der Waals surface area contributed by atoms with E-state index in [-0.39, 0.29) is 17.9 Å². The van der Waals surface area contributed by atoms with E-state index < -0.39 is 0 Å². The molecular formula is C11H23N3O. The molecule has 1 saturated carbocycles. The minimum absolute atomic E-state index is 0.0332. The summed E-state index contributed by atoms with van der Waals surface area (Å²) in [6.45, 7) is 5.54. The van der Waals surface area contributed by atoms with Crippen molar-refractivity contribution in [3.63, 3.8) is 0 Å². The van der Waals surface area contributed by atoms with Crippen LogP contribution in [0.2, 0.25) is 0 Å². The molecule has 3 N–H and O–H groups in total. The lowest BCUT2D eigenvalue weighted by atomic mass is 10.1. The van der Waals surface area contributed by atoms with Crippen LogP contribution in [0.4, 0.5) is 0 Å². The van der Waals surface area contributed by atoms with Crippen molar-refractivity contribution in [2.45, 2.75) is 38.8 Å². The lowest BCUT2D eigenvalue weighted by Crippen LogP contribution is -2.46. The van der Waals surface area contributed by atoms with Crippen molar-refractivity contribution in [3.8, 4) is 0 Å². The predicted molar refractivity (Wildman–Crippen MR) is 61.5 cm³/mol. The lowest BCUT2D eigenvalue weighted by Gasteiger charge is -2.18. The van der Waals surface area contributed by atoms with Crippen molar-refractivity contribution >= 4 is 5.91 Å². The molecule has 4 heteroatoms. The average molecular weight is 213 g/mol. The second-order valence-corrected chi connectivity index (χ2v) is 4.77. The molecule has 0 radical (unpaired) electrons. The highest BCUT2D eigenvalue weighted by molar-refractivity contribution is 5.81. The van der Waals surface area contributed by atoms with Gasteiger partial charge in [-0.25, -0.2) is 0 Å². The van der Waals surface area contributed by atoms with Crippen molar-refractivity contribution in [2.75, 3.05) is 20.1 Å². The van der Waals surface area contributed by atoms with E-state index >= 15 is 0 Å². The monoisotopic (exact) mass is 213 g/mol. The Morgan fingerprint density at radius 2 is 2.13 bits per heavy atom. The summed E-state index contributed by atoms with van der Waals surface area (Å²) < 4.78 is 0. The quantitative estimate of drug-likeness (QED) is 0.662. The normalized spacial score (nSPS) is 18.3. The number of hydrogen-bond donors (Lipinski definition) is 2. The van der Waals surface area contributed by atoms with Gasteiger partial charge in [-0.3, -0.25) is 4.79 Å². The van der Waals surface area contributed by atoms with Crippen LogP contribution in [-0.4, -0.2) is 43.0 Å². The molecule has 1 aliphatic rings. The zero-order valence-corrected chi connectivity index (χ0v) is 9.99. The number of carbonyl (C=O) groups excluding carboxylic acids is 1. The Labute approximate surface area is 92.2 Å². The highest BCUT2D eigenvalue weighted by Crippen LogP contribution is 2.24. The fourth-order valence-electron chi connectivity index (χ4n) is 1.47. The highest BCUT2D eigenvalue weighted by atomic mass is 16.2. The van der Waals surface area contributed by atoms with E-state index in [1.54, 1.807) is 0 Å². The Morgan fingerprint density at radius 1 is 1.53 bits per heavy atom. The molecule has 15 heavy (non-hydrogen) atoms. The molecule has 0 aromatic heterocycles. The Morgan fingerprint density at radius 3 is 2.60 bits per heavy atom. The molecule has 0 heterocycles. The molecule has 0 saturated heterocycles. The number of hydrogen-bond acceptors (Lipinski definition) is 3. The van der Waals surface area contributed by atoms with Crippen LogP contribution < -0.4 is 11.1 Å². The summed E-state index contributed by atoms with van der Waals surface area (Å²) in [5.41, 5.74) is 5.72. The molecular weight excluding hydrogens is 190 g/mol. The topological polar surface area (TPSA) is 58.4 Å². The largest absolute Gasteiger partial charge is 0.353 e. The van der Waals surface area contributed by atoms with Gasteiger partial charge in [-0.1, -0.05) is 13.8 Å². The summed E-state index contributed by atoms with van der Waals surface area (Å²) in [6, 6.07) is 0.372. The summed E-state index contributed by atoms with van der Waals surface area (Å²) in [7, 11) is 2.10. The Balaban J connectivity index is 2.10. The molecule has 0 aromatic rings. The van der Waals surface area contributed by atoms with E-state index in [1.807, 2.05) is 13.8 Å². The molecule has 4 nitrogen and oxygen atoms in total. The van der Waals surface area contributed by atoms with Crippen molar-refractivity contribution in [2.24, 2.45) is 11.7 Å². The molecule has 0 aromatic carbocycles. The minimum Gasteiger partial charge on any atom is -0.353 e. The molecule has 1 rings (SSSR count). The average Bonchev–Trinajstić information content (AvgIpc) is 2.99. The van der Waals surface area contributed by atoms with E-state index in [2.05, 4.69) is 17.3 Å². The third-order valence-electron chi connectivity index (χ3n) is 2.95. The Kier molecular flexibility index (Phi) is 4.54. The summed E-state index contributed by atoms with van der Waals surface area (Å²) in [6.07, 6.45) is 2.60. The predicted octanol–water partition coefficient (Wildman–Crippen LogP) is 0.180. The third-order valence-corrected chi connectivity index (χ3v) is 2.95. The van der Waals surface area contributed by atoms with E-state index in [0.29, 0.717) is 6.54 Å².